The normalized spacial score (nSPS) is 15.8. The Morgan fingerprint density at radius 1 is 1.38 bits per heavy atom. The van der Waals surface area contributed by atoms with Crippen LogP contribution in [-0.2, 0) is 4.79 Å². The van der Waals surface area contributed by atoms with Crippen molar-refractivity contribution in [3.05, 3.63) is 34.5 Å². The third-order valence-electron chi connectivity index (χ3n) is 2.75. The number of rotatable bonds is 2. The van der Waals surface area contributed by atoms with E-state index in [9.17, 15) is 4.79 Å². The van der Waals surface area contributed by atoms with Crippen molar-refractivity contribution in [2.45, 2.75) is 19.8 Å². The van der Waals surface area contributed by atoms with Crippen molar-refractivity contribution in [1.29, 1.82) is 0 Å². The van der Waals surface area contributed by atoms with Gasteiger partial charge in [-0.05, 0) is 31.5 Å². The van der Waals surface area contributed by atoms with E-state index in [2.05, 4.69) is 5.32 Å². The quantitative estimate of drug-likeness (QED) is 0.777. The number of halogens is 1. The van der Waals surface area contributed by atoms with Crippen LogP contribution >= 0.6 is 11.6 Å². The second-order valence-electron chi connectivity index (χ2n) is 3.89. The van der Waals surface area contributed by atoms with Gasteiger partial charge >= 0.3 is 0 Å². The van der Waals surface area contributed by atoms with Crippen molar-refractivity contribution in [2.24, 2.45) is 0 Å². The Morgan fingerprint density at radius 2 is 2.12 bits per heavy atom. The Kier molecular flexibility index (Phi) is 2.88. The number of nitrogens with two attached hydrogens (primary N) is 1. The van der Waals surface area contributed by atoms with Crippen molar-refractivity contribution < 1.29 is 4.79 Å². The highest BCUT2D eigenvalue weighted by Crippen LogP contribution is 2.29. The van der Waals surface area contributed by atoms with Gasteiger partial charge in [-0.1, -0.05) is 11.6 Å². The van der Waals surface area contributed by atoms with Gasteiger partial charge in [0.2, 0.25) is 0 Å². The number of hydrogen-bond donors (Lipinski definition) is 2. The van der Waals surface area contributed by atoms with E-state index in [0.29, 0.717) is 17.1 Å². The summed E-state index contributed by atoms with van der Waals surface area (Å²) in [5.74, 6) is 0.203. The number of Topliss-reactive ketones (excluding diaryl/α,β-unsaturated/α-hetero) is 1. The number of ketones is 1. The number of hydrogen-bond acceptors (Lipinski definition) is 3. The molecule has 0 bridgehead atoms. The SMILES string of the molecule is CC1=C(Nc2ccc(N)cc2Cl)CCC1=O. The minimum Gasteiger partial charge on any atom is -0.399 e. The number of allylic oxidation sites excluding steroid dienone is 2. The third kappa shape index (κ3) is 2.04. The van der Waals surface area contributed by atoms with Crippen molar-refractivity contribution in [3.63, 3.8) is 0 Å². The van der Waals surface area contributed by atoms with E-state index in [1.807, 2.05) is 13.0 Å². The maximum Gasteiger partial charge on any atom is 0.160 e. The second kappa shape index (κ2) is 4.18. The Hall–Kier alpha value is -1.48. The highest BCUT2D eigenvalue weighted by atomic mass is 35.5. The van der Waals surface area contributed by atoms with Crippen LogP contribution in [0.4, 0.5) is 11.4 Å². The van der Waals surface area contributed by atoms with Gasteiger partial charge < -0.3 is 11.1 Å². The lowest BCUT2D eigenvalue weighted by Crippen LogP contribution is -2.00. The molecule has 0 unspecified atom stereocenters. The molecule has 0 radical (unpaired) electrons. The molecule has 1 aromatic carbocycles. The van der Waals surface area contributed by atoms with Crippen LogP contribution in [0.3, 0.4) is 0 Å². The molecule has 0 saturated carbocycles. The standard InChI is InChI=1S/C12H13ClN2O/c1-7-10(4-5-12(7)16)15-11-3-2-8(14)6-9(11)13/h2-3,6,15H,4-5,14H2,1H3. The predicted molar refractivity (Wildman–Crippen MR) is 66.4 cm³/mol. The van der Waals surface area contributed by atoms with E-state index in [4.69, 9.17) is 17.3 Å². The molecule has 1 aliphatic rings. The lowest BCUT2D eigenvalue weighted by atomic mass is 10.2. The van der Waals surface area contributed by atoms with E-state index in [1.165, 1.54) is 0 Å². The number of carbonyl (C=O) groups is 1. The summed E-state index contributed by atoms with van der Waals surface area (Å²) >= 11 is 6.04. The first-order valence-electron chi connectivity index (χ1n) is 5.13. The van der Waals surface area contributed by atoms with Crippen LogP contribution < -0.4 is 11.1 Å². The minimum absolute atomic E-state index is 0.203. The summed E-state index contributed by atoms with van der Waals surface area (Å²) in [5.41, 5.74) is 8.78. The first kappa shape index (κ1) is 11.0. The summed E-state index contributed by atoms with van der Waals surface area (Å²) in [6.07, 6.45) is 1.34. The number of carbonyl (C=O) groups excluding carboxylic acids is 1. The lowest BCUT2D eigenvalue weighted by molar-refractivity contribution is -0.114. The van der Waals surface area contributed by atoms with Gasteiger partial charge in [-0.2, -0.15) is 0 Å². The van der Waals surface area contributed by atoms with Crippen LogP contribution in [0, 0.1) is 0 Å². The predicted octanol–water partition coefficient (Wildman–Crippen LogP) is 2.97. The zero-order valence-corrected chi connectivity index (χ0v) is 9.77. The fourth-order valence-electron chi connectivity index (χ4n) is 1.73. The summed E-state index contributed by atoms with van der Waals surface area (Å²) in [4.78, 5) is 11.4. The lowest BCUT2D eigenvalue weighted by Gasteiger charge is -2.10. The molecule has 0 heterocycles. The van der Waals surface area contributed by atoms with Gasteiger partial charge in [0.15, 0.2) is 5.78 Å². The Labute approximate surface area is 99.3 Å². The highest BCUT2D eigenvalue weighted by Gasteiger charge is 2.19. The number of anilines is 2. The molecule has 3 N–H and O–H groups in total. The first-order chi connectivity index (χ1) is 7.58. The van der Waals surface area contributed by atoms with Crippen LogP contribution in [-0.4, -0.2) is 5.78 Å². The molecule has 84 valence electrons. The van der Waals surface area contributed by atoms with Crippen LogP contribution in [0.1, 0.15) is 19.8 Å². The molecule has 2 rings (SSSR count). The van der Waals surface area contributed by atoms with Crippen molar-refractivity contribution >= 4 is 28.8 Å². The molecule has 0 fully saturated rings. The maximum absolute atomic E-state index is 11.4. The molecule has 4 heteroatoms. The van der Waals surface area contributed by atoms with Gasteiger partial charge in [-0.15, -0.1) is 0 Å². The molecular formula is C12H13ClN2O. The molecule has 0 saturated heterocycles. The zero-order chi connectivity index (χ0) is 11.7. The molecule has 1 aromatic rings. The fraction of sp³-hybridized carbons (Fsp3) is 0.250. The van der Waals surface area contributed by atoms with Crippen molar-refractivity contribution in [2.75, 3.05) is 11.1 Å². The average Bonchev–Trinajstić information content (AvgIpc) is 2.54. The first-order valence-corrected chi connectivity index (χ1v) is 5.50. The molecule has 3 nitrogen and oxygen atoms in total. The largest absolute Gasteiger partial charge is 0.399 e. The molecule has 0 spiro atoms. The summed E-state index contributed by atoms with van der Waals surface area (Å²) in [5, 5.41) is 3.76. The monoisotopic (exact) mass is 236 g/mol. The molecule has 0 atom stereocenters. The number of nitrogen functional groups attached to an aromatic ring is 1. The molecular weight excluding hydrogens is 224 g/mol. The molecule has 1 aliphatic carbocycles. The molecule has 0 amide bonds. The summed E-state index contributed by atoms with van der Waals surface area (Å²) in [6, 6.07) is 5.29. The second-order valence-corrected chi connectivity index (χ2v) is 4.30. The van der Waals surface area contributed by atoms with Gasteiger partial charge in [0, 0.05) is 23.4 Å². The van der Waals surface area contributed by atoms with E-state index in [1.54, 1.807) is 12.1 Å². The van der Waals surface area contributed by atoms with E-state index in [-0.39, 0.29) is 5.78 Å². The number of nitrogens with one attached hydrogen (secondary N) is 1. The molecule has 0 aromatic heterocycles. The average molecular weight is 237 g/mol. The van der Waals surface area contributed by atoms with E-state index >= 15 is 0 Å². The molecule has 16 heavy (non-hydrogen) atoms. The molecule has 0 aliphatic heterocycles. The highest BCUT2D eigenvalue weighted by molar-refractivity contribution is 6.33. The Morgan fingerprint density at radius 3 is 2.69 bits per heavy atom. The van der Waals surface area contributed by atoms with E-state index in [0.717, 1.165) is 23.4 Å². The fourth-order valence-corrected chi connectivity index (χ4v) is 1.97. The topological polar surface area (TPSA) is 55.1 Å². The summed E-state index contributed by atoms with van der Waals surface area (Å²) in [6.45, 7) is 1.84. The van der Waals surface area contributed by atoms with Gasteiger partial charge in [0.25, 0.3) is 0 Å². The van der Waals surface area contributed by atoms with Gasteiger partial charge in [-0.3, -0.25) is 4.79 Å². The zero-order valence-electron chi connectivity index (χ0n) is 9.01. The minimum atomic E-state index is 0.203. The van der Waals surface area contributed by atoms with Crippen LogP contribution in [0.25, 0.3) is 0 Å². The van der Waals surface area contributed by atoms with E-state index < -0.39 is 0 Å². The Bertz CT molecular complexity index is 480. The van der Waals surface area contributed by atoms with Crippen LogP contribution in [0.5, 0.6) is 0 Å². The van der Waals surface area contributed by atoms with Crippen LogP contribution in [0.15, 0.2) is 29.5 Å². The van der Waals surface area contributed by atoms with Crippen molar-refractivity contribution in [1.82, 2.24) is 0 Å². The van der Waals surface area contributed by atoms with Gasteiger partial charge in [0.05, 0.1) is 10.7 Å². The summed E-state index contributed by atoms with van der Waals surface area (Å²) < 4.78 is 0. The number of benzene rings is 1. The Balaban J connectivity index is 2.25. The third-order valence-corrected chi connectivity index (χ3v) is 3.06. The van der Waals surface area contributed by atoms with Crippen LogP contribution in [0.2, 0.25) is 5.02 Å². The van der Waals surface area contributed by atoms with Crippen molar-refractivity contribution in [3.8, 4) is 0 Å². The smallest absolute Gasteiger partial charge is 0.160 e. The van der Waals surface area contributed by atoms with Gasteiger partial charge in [-0.25, -0.2) is 0 Å². The maximum atomic E-state index is 11.4. The van der Waals surface area contributed by atoms with Gasteiger partial charge in [0.1, 0.15) is 0 Å². The summed E-state index contributed by atoms with van der Waals surface area (Å²) in [7, 11) is 0.